The van der Waals surface area contributed by atoms with E-state index >= 15 is 0 Å². The molecule has 1 saturated carbocycles. The molecule has 0 aromatic carbocycles. The van der Waals surface area contributed by atoms with Gasteiger partial charge < -0.3 is 15.4 Å². The molecule has 1 heterocycles. The van der Waals surface area contributed by atoms with Crippen LogP contribution in [0.15, 0.2) is 0 Å². The zero-order chi connectivity index (χ0) is 12.5. The van der Waals surface area contributed by atoms with Crippen LogP contribution in [0.4, 0.5) is 0 Å². The average molecular weight is 254 g/mol. The molecule has 1 saturated heterocycles. The number of ether oxygens (including phenoxy) is 1. The topological polar surface area (TPSA) is 33.3 Å². The minimum atomic E-state index is 0.794. The van der Waals surface area contributed by atoms with E-state index in [4.69, 9.17) is 4.74 Å². The lowest BCUT2D eigenvalue weighted by molar-refractivity contribution is 0.122. The van der Waals surface area contributed by atoms with Gasteiger partial charge in [-0.2, -0.15) is 0 Å². The molecule has 2 aliphatic rings. The van der Waals surface area contributed by atoms with Crippen molar-refractivity contribution in [2.75, 3.05) is 32.8 Å². The molecular formula is C15H30N2O. The molecule has 0 aromatic rings. The van der Waals surface area contributed by atoms with E-state index in [1.807, 2.05) is 0 Å². The third kappa shape index (κ3) is 6.72. The second kappa shape index (κ2) is 8.89. The highest BCUT2D eigenvalue weighted by atomic mass is 16.5. The zero-order valence-electron chi connectivity index (χ0n) is 11.8. The van der Waals surface area contributed by atoms with E-state index in [2.05, 4.69) is 10.6 Å². The number of hydrogen-bond donors (Lipinski definition) is 2. The van der Waals surface area contributed by atoms with E-state index in [1.165, 1.54) is 58.0 Å². The molecule has 1 aliphatic heterocycles. The molecule has 1 unspecified atom stereocenters. The molecule has 0 spiro atoms. The highest BCUT2D eigenvalue weighted by Crippen LogP contribution is 2.28. The molecule has 1 atom stereocenters. The minimum Gasteiger partial charge on any atom is -0.381 e. The van der Waals surface area contributed by atoms with Gasteiger partial charge in [0.15, 0.2) is 0 Å². The molecule has 3 nitrogen and oxygen atoms in total. The van der Waals surface area contributed by atoms with Crippen molar-refractivity contribution in [2.45, 2.75) is 57.4 Å². The fourth-order valence-corrected chi connectivity index (χ4v) is 2.60. The Morgan fingerprint density at radius 1 is 1.06 bits per heavy atom. The fourth-order valence-electron chi connectivity index (χ4n) is 2.60. The van der Waals surface area contributed by atoms with Crippen molar-refractivity contribution in [2.24, 2.45) is 5.92 Å². The van der Waals surface area contributed by atoms with E-state index in [9.17, 15) is 0 Å². The van der Waals surface area contributed by atoms with Crippen LogP contribution in [0.25, 0.3) is 0 Å². The van der Waals surface area contributed by atoms with Gasteiger partial charge in [-0.15, -0.1) is 0 Å². The summed E-state index contributed by atoms with van der Waals surface area (Å²) in [5.74, 6) is 0.904. The number of piperidine rings is 1. The Hall–Kier alpha value is -0.120. The zero-order valence-corrected chi connectivity index (χ0v) is 11.8. The van der Waals surface area contributed by atoms with Crippen molar-refractivity contribution in [1.29, 1.82) is 0 Å². The van der Waals surface area contributed by atoms with E-state index in [0.717, 1.165) is 38.1 Å². The third-order valence-electron chi connectivity index (χ3n) is 4.01. The van der Waals surface area contributed by atoms with Crippen LogP contribution in [0.1, 0.15) is 51.4 Å². The summed E-state index contributed by atoms with van der Waals surface area (Å²) < 4.78 is 5.61. The molecule has 2 N–H and O–H groups in total. The summed E-state index contributed by atoms with van der Waals surface area (Å²) in [4.78, 5) is 0. The van der Waals surface area contributed by atoms with E-state index in [0.29, 0.717) is 0 Å². The Bertz CT molecular complexity index is 201. The Balaban J connectivity index is 1.28. The summed E-state index contributed by atoms with van der Waals surface area (Å²) in [6, 6.07) is 0.794. The molecular weight excluding hydrogens is 224 g/mol. The summed E-state index contributed by atoms with van der Waals surface area (Å²) >= 11 is 0. The quantitative estimate of drug-likeness (QED) is 0.587. The van der Waals surface area contributed by atoms with Gasteiger partial charge in [0.1, 0.15) is 0 Å². The smallest absolute Gasteiger partial charge is 0.0494 e. The molecule has 0 bridgehead atoms. The van der Waals surface area contributed by atoms with Crippen LogP contribution in [-0.2, 0) is 4.74 Å². The summed E-state index contributed by atoms with van der Waals surface area (Å²) in [5.41, 5.74) is 0. The second-order valence-electron chi connectivity index (χ2n) is 5.91. The molecule has 2 fully saturated rings. The predicted molar refractivity (Wildman–Crippen MR) is 75.9 cm³/mol. The first kappa shape index (κ1) is 14.3. The number of rotatable bonds is 10. The molecule has 0 aromatic heterocycles. The van der Waals surface area contributed by atoms with Crippen LogP contribution in [-0.4, -0.2) is 38.9 Å². The summed E-state index contributed by atoms with van der Waals surface area (Å²) in [5, 5.41) is 7.13. The van der Waals surface area contributed by atoms with Crippen molar-refractivity contribution in [3.63, 3.8) is 0 Å². The van der Waals surface area contributed by atoms with E-state index < -0.39 is 0 Å². The number of nitrogens with one attached hydrogen (secondary N) is 2. The Morgan fingerprint density at radius 3 is 2.72 bits per heavy atom. The summed E-state index contributed by atoms with van der Waals surface area (Å²) in [6.07, 6.45) is 10.8. The molecule has 3 heteroatoms. The summed E-state index contributed by atoms with van der Waals surface area (Å²) in [6.45, 7) is 5.46. The highest BCUT2D eigenvalue weighted by molar-refractivity contribution is 4.72. The average Bonchev–Trinajstić information content (AvgIpc) is 3.22. The predicted octanol–water partition coefficient (Wildman–Crippen LogP) is 2.32. The van der Waals surface area contributed by atoms with Crippen LogP contribution < -0.4 is 10.6 Å². The Kier molecular flexibility index (Phi) is 7.06. The van der Waals surface area contributed by atoms with Crippen LogP contribution in [0.5, 0.6) is 0 Å². The highest BCUT2D eigenvalue weighted by Gasteiger charge is 2.20. The minimum absolute atomic E-state index is 0.794. The maximum absolute atomic E-state index is 5.61. The van der Waals surface area contributed by atoms with Crippen LogP contribution in [0, 0.1) is 5.92 Å². The van der Waals surface area contributed by atoms with Gasteiger partial charge in [-0.25, -0.2) is 0 Å². The van der Waals surface area contributed by atoms with Gasteiger partial charge in [-0.05, 0) is 70.5 Å². The monoisotopic (exact) mass is 254 g/mol. The van der Waals surface area contributed by atoms with Crippen LogP contribution in [0.3, 0.4) is 0 Å². The lowest BCUT2D eigenvalue weighted by Gasteiger charge is -2.23. The first-order valence-corrected chi connectivity index (χ1v) is 7.97. The summed E-state index contributed by atoms with van der Waals surface area (Å²) in [7, 11) is 0. The maximum atomic E-state index is 5.61. The Morgan fingerprint density at radius 2 is 1.94 bits per heavy atom. The van der Waals surface area contributed by atoms with Gasteiger partial charge in [0.25, 0.3) is 0 Å². The van der Waals surface area contributed by atoms with Crippen molar-refractivity contribution in [3.8, 4) is 0 Å². The molecule has 1 aliphatic carbocycles. The first-order valence-electron chi connectivity index (χ1n) is 7.97. The molecule has 2 rings (SSSR count). The second-order valence-corrected chi connectivity index (χ2v) is 5.91. The SMILES string of the molecule is C1CCC(CCCNCCCOCC2CC2)NC1. The molecule has 0 radical (unpaired) electrons. The largest absolute Gasteiger partial charge is 0.381 e. The Labute approximate surface area is 112 Å². The van der Waals surface area contributed by atoms with Crippen molar-refractivity contribution < 1.29 is 4.74 Å². The lowest BCUT2D eigenvalue weighted by Crippen LogP contribution is -2.34. The van der Waals surface area contributed by atoms with Crippen molar-refractivity contribution in [1.82, 2.24) is 10.6 Å². The van der Waals surface area contributed by atoms with E-state index in [1.54, 1.807) is 0 Å². The third-order valence-corrected chi connectivity index (χ3v) is 4.01. The van der Waals surface area contributed by atoms with Crippen molar-refractivity contribution in [3.05, 3.63) is 0 Å². The first-order chi connectivity index (χ1) is 8.95. The normalized spacial score (nSPS) is 24.3. The molecule has 0 amide bonds. The van der Waals surface area contributed by atoms with E-state index in [-0.39, 0.29) is 0 Å². The van der Waals surface area contributed by atoms with Gasteiger partial charge in [0, 0.05) is 19.3 Å². The van der Waals surface area contributed by atoms with Gasteiger partial charge in [-0.3, -0.25) is 0 Å². The van der Waals surface area contributed by atoms with Gasteiger partial charge in [0.2, 0.25) is 0 Å². The molecule has 18 heavy (non-hydrogen) atoms. The molecule has 106 valence electrons. The van der Waals surface area contributed by atoms with Gasteiger partial charge >= 0.3 is 0 Å². The van der Waals surface area contributed by atoms with Crippen LogP contribution >= 0.6 is 0 Å². The lowest BCUT2D eigenvalue weighted by atomic mass is 10.0. The standard InChI is InChI=1S/C15H30N2O/c1-2-11-17-15(5-1)6-3-9-16-10-4-12-18-13-14-7-8-14/h14-17H,1-13H2. The van der Waals surface area contributed by atoms with Crippen LogP contribution in [0.2, 0.25) is 0 Å². The fraction of sp³-hybridized carbons (Fsp3) is 1.00. The maximum Gasteiger partial charge on any atom is 0.0494 e. The van der Waals surface area contributed by atoms with Gasteiger partial charge in [0.05, 0.1) is 0 Å². The number of hydrogen-bond acceptors (Lipinski definition) is 3. The van der Waals surface area contributed by atoms with Gasteiger partial charge in [-0.1, -0.05) is 6.42 Å². The van der Waals surface area contributed by atoms with Crippen molar-refractivity contribution >= 4 is 0 Å².